The predicted molar refractivity (Wildman–Crippen MR) is 105 cm³/mol. The number of anilines is 1. The van der Waals surface area contributed by atoms with E-state index in [4.69, 9.17) is 0 Å². The minimum Gasteiger partial charge on any atom is -0.326 e. The summed E-state index contributed by atoms with van der Waals surface area (Å²) < 4.78 is 0. The number of thioether (sulfide) groups is 1. The van der Waals surface area contributed by atoms with Gasteiger partial charge in [0, 0.05) is 23.9 Å². The SMILES string of the molecule is CC(=O)Nc1ccc(C(=O)CSc2nc3nc(C)cc(C)c3c(=O)[nH]2)cc1. The highest BCUT2D eigenvalue weighted by Gasteiger charge is 2.12. The van der Waals surface area contributed by atoms with E-state index in [1.807, 2.05) is 19.9 Å². The van der Waals surface area contributed by atoms with Crippen molar-refractivity contribution in [1.82, 2.24) is 15.0 Å². The monoisotopic (exact) mass is 382 g/mol. The van der Waals surface area contributed by atoms with Crippen molar-refractivity contribution in [2.24, 2.45) is 0 Å². The standard InChI is InChI=1S/C19H18N4O3S/c1-10-8-11(2)20-17-16(10)18(26)23-19(22-17)27-9-15(25)13-4-6-14(7-5-13)21-12(3)24/h4-8H,9H2,1-3H3,(H,21,24)(H,20,22,23,26). The highest BCUT2D eigenvalue weighted by molar-refractivity contribution is 7.99. The third-order valence-electron chi connectivity index (χ3n) is 3.85. The van der Waals surface area contributed by atoms with E-state index in [1.54, 1.807) is 24.3 Å². The zero-order chi connectivity index (χ0) is 19.6. The summed E-state index contributed by atoms with van der Waals surface area (Å²) in [5.41, 5.74) is 2.86. The lowest BCUT2D eigenvalue weighted by molar-refractivity contribution is -0.114. The van der Waals surface area contributed by atoms with E-state index >= 15 is 0 Å². The highest BCUT2D eigenvalue weighted by atomic mass is 32.2. The van der Waals surface area contributed by atoms with E-state index < -0.39 is 0 Å². The molecule has 3 aromatic rings. The zero-order valence-corrected chi connectivity index (χ0v) is 15.9. The van der Waals surface area contributed by atoms with Crippen LogP contribution in [0.3, 0.4) is 0 Å². The third-order valence-corrected chi connectivity index (χ3v) is 4.72. The maximum absolute atomic E-state index is 12.4. The molecule has 0 unspecified atom stereocenters. The molecule has 1 amide bonds. The van der Waals surface area contributed by atoms with Crippen molar-refractivity contribution in [2.75, 3.05) is 11.1 Å². The van der Waals surface area contributed by atoms with Gasteiger partial charge >= 0.3 is 0 Å². The number of fused-ring (bicyclic) bond motifs is 1. The topological polar surface area (TPSA) is 105 Å². The average molecular weight is 382 g/mol. The molecule has 27 heavy (non-hydrogen) atoms. The molecule has 0 atom stereocenters. The first-order valence-electron chi connectivity index (χ1n) is 8.25. The number of nitrogens with zero attached hydrogens (tertiary/aromatic N) is 2. The van der Waals surface area contributed by atoms with Crippen molar-refractivity contribution < 1.29 is 9.59 Å². The van der Waals surface area contributed by atoms with Gasteiger partial charge in [0.05, 0.1) is 11.1 Å². The molecule has 7 nitrogen and oxygen atoms in total. The number of hydrogen-bond donors (Lipinski definition) is 2. The number of nitrogens with one attached hydrogen (secondary N) is 2. The van der Waals surface area contributed by atoms with Crippen molar-refractivity contribution in [3.8, 4) is 0 Å². The first-order valence-corrected chi connectivity index (χ1v) is 9.24. The fourth-order valence-electron chi connectivity index (χ4n) is 2.69. The van der Waals surface area contributed by atoms with E-state index in [9.17, 15) is 14.4 Å². The molecule has 3 rings (SSSR count). The molecule has 2 heterocycles. The van der Waals surface area contributed by atoms with E-state index in [1.165, 1.54) is 6.92 Å². The Balaban J connectivity index is 1.75. The first kappa shape index (κ1) is 18.8. The molecule has 0 bridgehead atoms. The number of pyridine rings is 1. The van der Waals surface area contributed by atoms with Crippen LogP contribution in [-0.4, -0.2) is 32.4 Å². The van der Waals surface area contributed by atoms with Crippen LogP contribution < -0.4 is 10.9 Å². The Hall–Kier alpha value is -3.00. The van der Waals surface area contributed by atoms with Crippen LogP contribution in [0.2, 0.25) is 0 Å². The number of ketones is 1. The lowest BCUT2D eigenvalue weighted by atomic mass is 10.1. The number of aromatic nitrogens is 3. The van der Waals surface area contributed by atoms with Gasteiger partial charge in [0.2, 0.25) is 5.91 Å². The van der Waals surface area contributed by atoms with Crippen LogP contribution in [0.1, 0.15) is 28.5 Å². The lowest BCUT2D eigenvalue weighted by Gasteiger charge is -2.06. The molecule has 0 radical (unpaired) electrons. The van der Waals surface area contributed by atoms with Gasteiger partial charge in [0.15, 0.2) is 16.6 Å². The number of carbonyl (C=O) groups is 2. The average Bonchev–Trinajstić information content (AvgIpc) is 2.58. The molecule has 2 N–H and O–H groups in total. The molecule has 0 spiro atoms. The molecular weight excluding hydrogens is 364 g/mol. The van der Waals surface area contributed by atoms with Crippen LogP contribution >= 0.6 is 11.8 Å². The molecule has 0 saturated carbocycles. The first-order chi connectivity index (χ1) is 12.8. The number of amides is 1. The summed E-state index contributed by atoms with van der Waals surface area (Å²) in [7, 11) is 0. The Bertz CT molecular complexity index is 1090. The number of carbonyl (C=O) groups excluding carboxylic acids is 2. The van der Waals surface area contributed by atoms with Crippen LogP contribution in [0.25, 0.3) is 11.0 Å². The van der Waals surface area contributed by atoms with Gasteiger partial charge in [-0.3, -0.25) is 14.4 Å². The Labute approximate surface area is 159 Å². The van der Waals surface area contributed by atoms with Crippen molar-refractivity contribution in [3.63, 3.8) is 0 Å². The maximum atomic E-state index is 12.4. The van der Waals surface area contributed by atoms with Crippen LogP contribution in [0.5, 0.6) is 0 Å². The number of rotatable bonds is 5. The zero-order valence-electron chi connectivity index (χ0n) is 15.1. The number of Topliss-reactive ketones (excluding diaryl/α,β-unsaturated/α-hetero) is 1. The second kappa shape index (κ2) is 7.71. The van der Waals surface area contributed by atoms with Crippen molar-refractivity contribution in [2.45, 2.75) is 25.9 Å². The summed E-state index contributed by atoms with van der Waals surface area (Å²) >= 11 is 1.15. The fourth-order valence-corrected chi connectivity index (χ4v) is 3.44. The predicted octanol–water partition coefficient (Wildman–Crippen LogP) is 2.87. The van der Waals surface area contributed by atoms with Crippen molar-refractivity contribution >= 4 is 40.2 Å². The Morgan fingerprint density at radius 2 is 1.85 bits per heavy atom. The second-order valence-electron chi connectivity index (χ2n) is 6.12. The molecule has 0 aliphatic rings. The molecule has 138 valence electrons. The van der Waals surface area contributed by atoms with E-state index in [0.29, 0.717) is 27.4 Å². The Morgan fingerprint density at radius 1 is 1.15 bits per heavy atom. The number of aryl methyl sites for hydroxylation is 2. The summed E-state index contributed by atoms with van der Waals surface area (Å²) in [6, 6.07) is 8.48. The quantitative estimate of drug-likeness (QED) is 0.399. The van der Waals surface area contributed by atoms with Gasteiger partial charge in [0.1, 0.15) is 0 Å². The van der Waals surface area contributed by atoms with Crippen molar-refractivity contribution in [3.05, 3.63) is 57.5 Å². The van der Waals surface area contributed by atoms with E-state index in [0.717, 1.165) is 23.0 Å². The van der Waals surface area contributed by atoms with Crippen LogP contribution in [-0.2, 0) is 4.79 Å². The normalized spacial score (nSPS) is 10.8. The molecule has 0 fully saturated rings. The molecule has 0 saturated heterocycles. The summed E-state index contributed by atoms with van der Waals surface area (Å²) in [4.78, 5) is 47.1. The minimum absolute atomic E-state index is 0.106. The Kier molecular flexibility index (Phi) is 5.36. The van der Waals surface area contributed by atoms with Gasteiger partial charge in [-0.1, -0.05) is 11.8 Å². The summed E-state index contributed by atoms with van der Waals surface area (Å²) in [6.07, 6.45) is 0. The molecule has 0 aliphatic heterocycles. The van der Waals surface area contributed by atoms with Crippen LogP contribution in [0, 0.1) is 13.8 Å². The van der Waals surface area contributed by atoms with Gasteiger partial charge in [-0.05, 0) is 49.7 Å². The number of hydrogen-bond acceptors (Lipinski definition) is 6. The minimum atomic E-state index is -0.264. The second-order valence-corrected chi connectivity index (χ2v) is 7.08. The van der Waals surface area contributed by atoms with Gasteiger partial charge in [-0.2, -0.15) is 0 Å². The van der Waals surface area contributed by atoms with Gasteiger partial charge in [-0.15, -0.1) is 0 Å². The van der Waals surface area contributed by atoms with E-state index in [2.05, 4.69) is 20.3 Å². The third kappa shape index (κ3) is 4.40. The van der Waals surface area contributed by atoms with Crippen LogP contribution in [0.4, 0.5) is 5.69 Å². The number of aromatic amines is 1. The summed E-state index contributed by atoms with van der Waals surface area (Å²) in [5.74, 6) is -0.154. The highest BCUT2D eigenvalue weighted by Crippen LogP contribution is 2.18. The molecule has 8 heteroatoms. The number of benzene rings is 1. The van der Waals surface area contributed by atoms with Gasteiger partial charge < -0.3 is 10.3 Å². The summed E-state index contributed by atoms with van der Waals surface area (Å²) in [6.45, 7) is 5.11. The molecular formula is C19H18N4O3S. The number of H-pyrrole nitrogens is 1. The van der Waals surface area contributed by atoms with Gasteiger partial charge in [-0.25, -0.2) is 9.97 Å². The fraction of sp³-hybridized carbons (Fsp3) is 0.211. The van der Waals surface area contributed by atoms with Crippen LogP contribution in [0.15, 0.2) is 40.3 Å². The summed E-state index contributed by atoms with van der Waals surface area (Å²) in [5, 5.41) is 3.47. The maximum Gasteiger partial charge on any atom is 0.261 e. The molecule has 2 aromatic heterocycles. The smallest absolute Gasteiger partial charge is 0.261 e. The molecule has 0 aliphatic carbocycles. The molecule has 1 aromatic carbocycles. The largest absolute Gasteiger partial charge is 0.326 e. The van der Waals surface area contributed by atoms with Crippen molar-refractivity contribution in [1.29, 1.82) is 0 Å². The lowest BCUT2D eigenvalue weighted by Crippen LogP contribution is -2.13. The van der Waals surface area contributed by atoms with Gasteiger partial charge in [0.25, 0.3) is 5.56 Å². The Morgan fingerprint density at radius 3 is 2.52 bits per heavy atom. The van der Waals surface area contributed by atoms with E-state index in [-0.39, 0.29) is 23.0 Å².